The van der Waals surface area contributed by atoms with E-state index in [1.807, 2.05) is 47.4 Å². The zero-order valence-electron chi connectivity index (χ0n) is 21.2. The van der Waals surface area contributed by atoms with E-state index in [2.05, 4.69) is 36.4 Å². The smallest absolute Gasteiger partial charge is 0.324 e. The first-order chi connectivity index (χ1) is 18.1. The highest BCUT2D eigenvalue weighted by atomic mass is 16.5. The third-order valence-electron chi connectivity index (χ3n) is 8.86. The summed E-state index contributed by atoms with van der Waals surface area (Å²) in [6, 6.07) is 25.7. The maximum Gasteiger partial charge on any atom is 0.324 e. The highest BCUT2D eigenvalue weighted by molar-refractivity contribution is 5.95. The van der Waals surface area contributed by atoms with Gasteiger partial charge in [0, 0.05) is 0 Å². The quantitative estimate of drug-likeness (QED) is 0.508. The fourth-order valence-electron chi connectivity index (χ4n) is 7.29. The summed E-state index contributed by atoms with van der Waals surface area (Å²) in [7, 11) is 1.37. The first kappa shape index (κ1) is 24.1. The van der Waals surface area contributed by atoms with Gasteiger partial charge < -0.3 is 9.84 Å². The lowest BCUT2D eigenvalue weighted by molar-refractivity contribution is -0.152. The molecular weight excluding hydrogens is 462 g/mol. The van der Waals surface area contributed by atoms with Gasteiger partial charge in [-0.3, -0.25) is 14.5 Å². The van der Waals surface area contributed by atoms with E-state index in [0.717, 1.165) is 59.9 Å². The molecule has 0 bridgehead atoms. The molecule has 1 heterocycles. The molecule has 0 spiro atoms. The molecule has 190 valence electrons. The Morgan fingerprint density at radius 1 is 0.892 bits per heavy atom. The van der Waals surface area contributed by atoms with Crippen LogP contribution in [-0.4, -0.2) is 47.6 Å². The van der Waals surface area contributed by atoms with Crippen LogP contribution in [0.5, 0.6) is 0 Å². The number of esters is 1. The number of Topliss-reactive ketones (excluding diaryl/α,β-unsaturated/α-hetero) is 1. The van der Waals surface area contributed by atoms with Crippen molar-refractivity contribution in [1.29, 1.82) is 0 Å². The minimum Gasteiger partial charge on any atom is -0.468 e. The number of likely N-dealkylation sites (tertiary alicyclic amines) is 1. The zero-order chi connectivity index (χ0) is 25.6. The van der Waals surface area contributed by atoms with Crippen molar-refractivity contribution in [3.63, 3.8) is 0 Å². The lowest BCUT2D eigenvalue weighted by Crippen LogP contribution is -2.55. The molecule has 3 aliphatic rings. The van der Waals surface area contributed by atoms with Gasteiger partial charge in [-0.2, -0.15) is 0 Å². The number of hydrogen-bond acceptors (Lipinski definition) is 5. The largest absolute Gasteiger partial charge is 0.468 e. The van der Waals surface area contributed by atoms with Crippen LogP contribution in [0.2, 0.25) is 0 Å². The number of rotatable bonds is 5. The Morgan fingerprint density at radius 2 is 1.46 bits per heavy atom. The van der Waals surface area contributed by atoms with Gasteiger partial charge in [0.1, 0.15) is 6.04 Å². The Morgan fingerprint density at radius 3 is 2.05 bits per heavy atom. The number of carbonyl (C=O) groups is 2. The van der Waals surface area contributed by atoms with Gasteiger partial charge in [-0.15, -0.1) is 0 Å². The Kier molecular flexibility index (Phi) is 6.21. The second kappa shape index (κ2) is 9.55. The third kappa shape index (κ3) is 3.59. The maximum atomic E-state index is 13.8. The number of aliphatic hydroxyl groups excluding tert-OH is 1. The Bertz CT molecular complexity index is 1270. The summed E-state index contributed by atoms with van der Waals surface area (Å²) in [5, 5.41) is 11.6. The average molecular weight is 496 g/mol. The number of ether oxygens (including phenoxy) is 1. The van der Waals surface area contributed by atoms with Gasteiger partial charge in [0.25, 0.3) is 0 Å². The lowest BCUT2D eigenvalue weighted by atomic mass is 9.76. The molecule has 1 saturated carbocycles. The van der Waals surface area contributed by atoms with E-state index >= 15 is 0 Å². The van der Waals surface area contributed by atoms with Crippen LogP contribution in [0.3, 0.4) is 0 Å². The molecule has 2 fully saturated rings. The van der Waals surface area contributed by atoms with Crippen molar-refractivity contribution in [2.45, 2.75) is 49.8 Å². The van der Waals surface area contributed by atoms with E-state index in [1.54, 1.807) is 0 Å². The number of hydrogen-bond donors (Lipinski definition) is 1. The molecule has 3 aromatic rings. The predicted octanol–water partition coefficient (Wildman–Crippen LogP) is 4.94. The van der Waals surface area contributed by atoms with Gasteiger partial charge in [-0.25, -0.2) is 0 Å². The predicted molar refractivity (Wildman–Crippen MR) is 142 cm³/mol. The summed E-state index contributed by atoms with van der Waals surface area (Å²) in [5.74, 6) is -1.37. The molecule has 5 nitrogen and oxygen atoms in total. The zero-order valence-corrected chi connectivity index (χ0v) is 21.2. The van der Waals surface area contributed by atoms with Crippen LogP contribution in [0.1, 0.15) is 48.8 Å². The van der Waals surface area contributed by atoms with Crippen molar-refractivity contribution in [3.05, 3.63) is 95.6 Å². The molecule has 5 heteroatoms. The summed E-state index contributed by atoms with van der Waals surface area (Å²) >= 11 is 0. The second-order valence-electron chi connectivity index (χ2n) is 10.6. The molecule has 1 aliphatic heterocycles. The molecule has 2 aliphatic carbocycles. The van der Waals surface area contributed by atoms with Crippen molar-refractivity contribution in [1.82, 2.24) is 4.90 Å². The first-order valence-electron chi connectivity index (χ1n) is 13.4. The van der Waals surface area contributed by atoms with E-state index in [-0.39, 0.29) is 18.2 Å². The molecule has 6 rings (SSSR count). The van der Waals surface area contributed by atoms with E-state index in [9.17, 15) is 14.7 Å². The molecule has 1 saturated heterocycles. The highest BCUT2D eigenvalue weighted by Crippen LogP contribution is 2.56. The number of aliphatic hydroxyl groups is 1. The van der Waals surface area contributed by atoms with Crippen molar-refractivity contribution >= 4 is 11.8 Å². The minimum absolute atomic E-state index is 0.0191. The number of methoxy groups -OCH3 is 1. The third-order valence-corrected chi connectivity index (χ3v) is 8.86. The second-order valence-corrected chi connectivity index (χ2v) is 10.6. The molecule has 1 N–H and O–H groups in total. The van der Waals surface area contributed by atoms with Crippen molar-refractivity contribution in [2.75, 3.05) is 13.7 Å². The Labute approximate surface area is 218 Å². The number of benzene rings is 3. The van der Waals surface area contributed by atoms with Crippen LogP contribution in [0.25, 0.3) is 11.1 Å². The van der Waals surface area contributed by atoms with Gasteiger partial charge in [0.2, 0.25) is 0 Å². The fraction of sp³-hybridized carbons (Fsp3) is 0.375. The van der Waals surface area contributed by atoms with E-state index in [0.29, 0.717) is 0 Å². The maximum absolute atomic E-state index is 13.8. The first-order valence-corrected chi connectivity index (χ1v) is 13.4. The van der Waals surface area contributed by atoms with Crippen LogP contribution in [0.4, 0.5) is 0 Å². The number of fused-ring (bicyclic) bond motifs is 3. The van der Waals surface area contributed by atoms with Crippen LogP contribution >= 0.6 is 0 Å². The SMILES string of the molecule is COC(=O)[C@@H]1[C@@H]([C@H](O)C2CCCCC2)C(=O)CN1C1(c2ccccc2)c2ccccc2-c2ccccc21. The molecule has 3 aromatic carbocycles. The number of carbonyl (C=O) groups excluding carboxylic acids is 2. The van der Waals surface area contributed by atoms with Crippen molar-refractivity contribution < 1.29 is 19.4 Å². The van der Waals surface area contributed by atoms with Crippen LogP contribution in [-0.2, 0) is 19.9 Å². The summed E-state index contributed by atoms with van der Waals surface area (Å²) in [5.41, 5.74) is 4.38. The molecular formula is C32H33NO4. The topological polar surface area (TPSA) is 66.8 Å². The van der Waals surface area contributed by atoms with Crippen LogP contribution in [0, 0.1) is 11.8 Å². The molecule has 0 amide bonds. The normalized spacial score (nSPS) is 23.9. The molecule has 0 aromatic heterocycles. The van der Waals surface area contributed by atoms with Gasteiger partial charge in [-0.05, 0) is 46.6 Å². The minimum atomic E-state index is -0.895. The fourth-order valence-corrected chi connectivity index (χ4v) is 7.29. The van der Waals surface area contributed by atoms with Gasteiger partial charge in [0.05, 0.1) is 31.2 Å². The van der Waals surface area contributed by atoms with Gasteiger partial charge in [-0.1, -0.05) is 98.1 Å². The summed E-state index contributed by atoms with van der Waals surface area (Å²) in [6.45, 7) is 0.0613. The molecule has 37 heavy (non-hydrogen) atoms. The van der Waals surface area contributed by atoms with Crippen molar-refractivity contribution in [3.8, 4) is 11.1 Å². The molecule has 3 atom stereocenters. The molecule has 0 unspecified atom stereocenters. The van der Waals surface area contributed by atoms with Gasteiger partial charge >= 0.3 is 5.97 Å². The lowest BCUT2D eigenvalue weighted by Gasteiger charge is -2.44. The van der Waals surface area contributed by atoms with Crippen LogP contribution in [0.15, 0.2) is 78.9 Å². The Hall–Kier alpha value is -3.28. The van der Waals surface area contributed by atoms with E-state index < -0.39 is 29.6 Å². The van der Waals surface area contributed by atoms with Gasteiger partial charge in [0.15, 0.2) is 5.78 Å². The van der Waals surface area contributed by atoms with Crippen LogP contribution < -0.4 is 0 Å². The average Bonchev–Trinajstić information content (AvgIpc) is 3.46. The van der Waals surface area contributed by atoms with E-state index in [1.165, 1.54) is 7.11 Å². The number of ketones is 1. The highest BCUT2D eigenvalue weighted by Gasteiger charge is 2.60. The number of nitrogens with zero attached hydrogens (tertiary/aromatic N) is 1. The summed E-state index contributed by atoms with van der Waals surface area (Å²) in [6.07, 6.45) is 4.14. The summed E-state index contributed by atoms with van der Waals surface area (Å²) in [4.78, 5) is 29.5. The van der Waals surface area contributed by atoms with Crippen molar-refractivity contribution in [2.24, 2.45) is 11.8 Å². The standard InChI is InChI=1S/C32H33NO4/c1-37-31(36)29-28(30(35)21-12-4-2-5-13-21)27(34)20-33(29)32(22-14-6-3-7-15-22)25-18-10-8-16-23(25)24-17-9-11-19-26(24)32/h3,6-11,14-19,21,28-30,35H,2,4-5,12-13,20H2,1H3/t28-,29-,30+/m0/s1. The van der Waals surface area contributed by atoms with E-state index in [4.69, 9.17) is 4.74 Å². The summed E-state index contributed by atoms with van der Waals surface area (Å²) < 4.78 is 5.35. The Balaban J connectivity index is 1.58. The molecule has 0 radical (unpaired) electrons. The monoisotopic (exact) mass is 495 g/mol.